The maximum absolute atomic E-state index is 12.0. The van der Waals surface area contributed by atoms with Gasteiger partial charge in [-0.2, -0.15) is 0 Å². The van der Waals surface area contributed by atoms with E-state index in [1.807, 2.05) is 18.2 Å². The van der Waals surface area contributed by atoms with Crippen LogP contribution in [0, 0.1) is 0 Å². The Morgan fingerprint density at radius 1 is 1.15 bits per heavy atom. The van der Waals surface area contributed by atoms with Crippen molar-refractivity contribution in [3.05, 3.63) is 23.8 Å². The summed E-state index contributed by atoms with van der Waals surface area (Å²) in [6, 6.07) is 6.10. The molecule has 1 heterocycles. The molecule has 0 atom stereocenters. The first-order valence-corrected chi connectivity index (χ1v) is 7.69. The van der Waals surface area contributed by atoms with E-state index in [4.69, 9.17) is 5.73 Å². The molecule has 2 fully saturated rings. The van der Waals surface area contributed by atoms with Crippen molar-refractivity contribution in [1.82, 2.24) is 5.32 Å². The summed E-state index contributed by atoms with van der Waals surface area (Å²) in [7, 11) is 0. The molecule has 1 saturated heterocycles. The highest BCUT2D eigenvalue weighted by atomic mass is 16.1. The standard InChI is InChI=1S/C16H23N3O/c17-14-11-12(16(20)18-13-6-7-13)5-8-15(14)19-9-3-1-2-4-10-19/h5,8,11,13H,1-4,6-7,9-10,17H2,(H,18,20). The van der Waals surface area contributed by atoms with Gasteiger partial charge in [0.15, 0.2) is 0 Å². The minimum atomic E-state index is 0.00150. The molecule has 0 aromatic heterocycles. The van der Waals surface area contributed by atoms with Gasteiger partial charge >= 0.3 is 0 Å². The van der Waals surface area contributed by atoms with Gasteiger partial charge in [0.25, 0.3) is 5.91 Å². The lowest BCUT2D eigenvalue weighted by Gasteiger charge is -2.24. The predicted molar refractivity (Wildman–Crippen MR) is 82.0 cm³/mol. The third-order valence-corrected chi connectivity index (χ3v) is 4.15. The second-order valence-corrected chi connectivity index (χ2v) is 5.92. The molecule has 1 aromatic rings. The molecule has 108 valence electrons. The van der Waals surface area contributed by atoms with Crippen molar-refractivity contribution < 1.29 is 4.79 Å². The summed E-state index contributed by atoms with van der Waals surface area (Å²) in [5, 5.41) is 3.00. The fourth-order valence-corrected chi connectivity index (χ4v) is 2.79. The first-order valence-electron chi connectivity index (χ1n) is 7.69. The summed E-state index contributed by atoms with van der Waals surface area (Å²) in [4.78, 5) is 14.4. The van der Waals surface area contributed by atoms with Crippen molar-refractivity contribution in [2.45, 2.75) is 44.6 Å². The van der Waals surface area contributed by atoms with Crippen molar-refractivity contribution in [2.24, 2.45) is 0 Å². The van der Waals surface area contributed by atoms with E-state index in [-0.39, 0.29) is 5.91 Å². The van der Waals surface area contributed by atoms with E-state index in [0.29, 0.717) is 11.6 Å². The molecule has 1 aromatic carbocycles. The predicted octanol–water partition coefficient (Wildman–Crippen LogP) is 2.54. The van der Waals surface area contributed by atoms with Gasteiger partial charge in [0.1, 0.15) is 0 Å². The van der Waals surface area contributed by atoms with Crippen LogP contribution in [-0.2, 0) is 0 Å². The van der Waals surface area contributed by atoms with Gasteiger partial charge in [-0.1, -0.05) is 12.8 Å². The highest BCUT2D eigenvalue weighted by Gasteiger charge is 2.24. The number of nitrogens with one attached hydrogen (secondary N) is 1. The van der Waals surface area contributed by atoms with E-state index in [9.17, 15) is 4.79 Å². The molecular weight excluding hydrogens is 250 g/mol. The van der Waals surface area contributed by atoms with Gasteiger partial charge in [0.05, 0.1) is 11.4 Å². The molecule has 4 heteroatoms. The number of nitrogens with zero attached hydrogens (tertiary/aromatic N) is 1. The summed E-state index contributed by atoms with van der Waals surface area (Å²) < 4.78 is 0. The number of carbonyl (C=O) groups excluding carboxylic acids is 1. The van der Waals surface area contributed by atoms with Crippen LogP contribution in [0.15, 0.2) is 18.2 Å². The average molecular weight is 273 g/mol. The van der Waals surface area contributed by atoms with E-state index in [2.05, 4.69) is 10.2 Å². The maximum atomic E-state index is 12.0. The largest absolute Gasteiger partial charge is 0.397 e. The van der Waals surface area contributed by atoms with Crippen LogP contribution in [0.25, 0.3) is 0 Å². The highest BCUT2D eigenvalue weighted by Crippen LogP contribution is 2.27. The Hall–Kier alpha value is -1.71. The zero-order valence-electron chi connectivity index (χ0n) is 11.9. The molecule has 1 aliphatic heterocycles. The van der Waals surface area contributed by atoms with Gasteiger partial charge in [0, 0.05) is 24.7 Å². The number of hydrogen-bond donors (Lipinski definition) is 2. The molecule has 3 rings (SSSR count). The summed E-state index contributed by atoms with van der Waals surface area (Å²) in [6.07, 6.45) is 7.27. The molecule has 3 N–H and O–H groups in total. The van der Waals surface area contributed by atoms with Crippen molar-refractivity contribution >= 4 is 17.3 Å². The van der Waals surface area contributed by atoms with Gasteiger partial charge in [0.2, 0.25) is 0 Å². The molecule has 1 amide bonds. The number of nitrogens with two attached hydrogens (primary N) is 1. The van der Waals surface area contributed by atoms with Gasteiger partial charge in [-0.25, -0.2) is 0 Å². The van der Waals surface area contributed by atoms with Gasteiger partial charge in [-0.15, -0.1) is 0 Å². The molecule has 0 spiro atoms. The average Bonchev–Trinajstić information content (AvgIpc) is 3.25. The van der Waals surface area contributed by atoms with E-state index >= 15 is 0 Å². The minimum Gasteiger partial charge on any atom is -0.397 e. The highest BCUT2D eigenvalue weighted by molar-refractivity contribution is 5.96. The van der Waals surface area contributed by atoms with Crippen LogP contribution in [0.2, 0.25) is 0 Å². The van der Waals surface area contributed by atoms with Crippen LogP contribution < -0.4 is 16.0 Å². The van der Waals surface area contributed by atoms with Crippen LogP contribution in [0.3, 0.4) is 0 Å². The lowest BCUT2D eigenvalue weighted by atomic mass is 10.1. The monoisotopic (exact) mass is 273 g/mol. The SMILES string of the molecule is Nc1cc(C(=O)NC2CC2)ccc1N1CCCCCC1. The third-order valence-electron chi connectivity index (χ3n) is 4.15. The Labute approximate surface area is 120 Å². The molecule has 1 saturated carbocycles. The molecule has 0 unspecified atom stereocenters. The normalized spacial score (nSPS) is 19.5. The van der Waals surface area contributed by atoms with Gasteiger partial charge < -0.3 is 16.0 Å². The third kappa shape index (κ3) is 3.06. The first-order chi connectivity index (χ1) is 9.74. The van der Waals surface area contributed by atoms with Crippen LogP contribution in [0.4, 0.5) is 11.4 Å². The van der Waals surface area contributed by atoms with E-state index in [1.54, 1.807) is 0 Å². The van der Waals surface area contributed by atoms with Crippen molar-refractivity contribution in [3.8, 4) is 0 Å². The van der Waals surface area contributed by atoms with Crippen molar-refractivity contribution in [3.63, 3.8) is 0 Å². The van der Waals surface area contributed by atoms with E-state index in [0.717, 1.165) is 37.3 Å². The maximum Gasteiger partial charge on any atom is 0.251 e. The Balaban J connectivity index is 1.73. The van der Waals surface area contributed by atoms with Gasteiger partial charge in [-0.05, 0) is 43.9 Å². The molecular formula is C16H23N3O. The van der Waals surface area contributed by atoms with Crippen molar-refractivity contribution in [1.29, 1.82) is 0 Å². The Bertz CT molecular complexity index is 488. The fourth-order valence-electron chi connectivity index (χ4n) is 2.79. The summed E-state index contributed by atoms with van der Waals surface area (Å²) in [5.74, 6) is 0.00150. The minimum absolute atomic E-state index is 0.00150. The number of hydrogen-bond acceptors (Lipinski definition) is 3. The van der Waals surface area contributed by atoms with E-state index in [1.165, 1.54) is 25.7 Å². The number of anilines is 2. The number of carbonyl (C=O) groups is 1. The quantitative estimate of drug-likeness (QED) is 0.832. The van der Waals surface area contributed by atoms with Crippen LogP contribution in [0.1, 0.15) is 48.9 Å². The van der Waals surface area contributed by atoms with Crippen LogP contribution in [-0.4, -0.2) is 25.0 Å². The Morgan fingerprint density at radius 2 is 1.85 bits per heavy atom. The lowest BCUT2D eigenvalue weighted by Crippen LogP contribution is -2.27. The second-order valence-electron chi connectivity index (χ2n) is 5.92. The zero-order chi connectivity index (χ0) is 13.9. The first kappa shape index (κ1) is 13.3. The van der Waals surface area contributed by atoms with Crippen LogP contribution in [0.5, 0.6) is 0 Å². The Kier molecular flexibility index (Phi) is 3.81. The molecule has 1 aliphatic carbocycles. The Morgan fingerprint density at radius 3 is 2.45 bits per heavy atom. The summed E-state index contributed by atoms with van der Waals surface area (Å²) >= 11 is 0. The number of benzene rings is 1. The summed E-state index contributed by atoms with van der Waals surface area (Å²) in [5.41, 5.74) is 8.64. The molecule has 4 nitrogen and oxygen atoms in total. The number of rotatable bonds is 3. The fraction of sp³-hybridized carbons (Fsp3) is 0.562. The lowest BCUT2D eigenvalue weighted by molar-refractivity contribution is 0.0951. The molecule has 20 heavy (non-hydrogen) atoms. The van der Waals surface area contributed by atoms with Crippen molar-refractivity contribution in [2.75, 3.05) is 23.7 Å². The molecule has 2 aliphatic rings. The van der Waals surface area contributed by atoms with Crippen LogP contribution >= 0.6 is 0 Å². The van der Waals surface area contributed by atoms with E-state index < -0.39 is 0 Å². The number of nitrogen functional groups attached to an aromatic ring is 1. The number of amides is 1. The molecule has 0 bridgehead atoms. The van der Waals surface area contributed by atoms with Gasteiger partial charge in [-0.3, -0.25) is 4.79 Å². The topological polar surface area (TPSA) is 58.4 Å². The smallest absolute Gasteiger partial charge is 0.251 e. The molecule has 0 radical (unpaired) electrons. The zero-order valence-corrected chi connectivity index (χ0v) is 11.9. The second kappa shape index (κ2) is 5.73. The summed E-state index contributed by atoms with van der Waals surface area (Å²) in [6.45, 7) is 2.13.